The third kappa shape index (κ3) is 3.63. The minimum Gasteiger partial charge on any atom is -0.299 e. The van der Waals surface area contributed by atoms with E-state index in [1.54, 1.807) is 0 Å². The van der Waals surface area contributed by atoms with Crippen molar-refractivity contribution in [2.24, 2.45) is 0 Å². The number of hydrogen-bond acceptors (Lipinski definition) is 1. The normalized spacial score (nSPS) is 12.2. The van der Waals surface area contributed by atoms with Crippen molar-refractivity contribution in [3.63, 3.8) is 0 Å². The summed E-state index contributed by atoms with van der Waals surface area (Å²) in [6, 6.07) is 22.3. The fourth-order valence-electron chi connectivity index (χ4n) is 3.58. The number of rotatable bonds is 5. The van der Waals surface area contributed by atoms with E-state index in [0.717, 1.165) is 17.5 Å². The fourth-order valence-corrected chi connectivity index (χ4v) is 3.79. The molecular formula is C24H19ClO. The number of fused-ring (bicyclic) bond motifs is 1. The highest BCUT2D eigenvalue weighted by atomic mass is 35.5. The van der Waals surface area contributed by atoms with Gasteiger partial charge in [-0.3, -0.25) is 4.79 Å². The molecule has 1 aliphatic carbocycles. The molecule has 0 saturated heterocycles. The quantitative estimate of drug-likeness (QED) is 0.552. The summed E-state index contributed by atoms with van der Waals surface area (Å²) in [4.78, 5) is 12.5. The Morgan fingerprint density at radius 2 is 1.62 bits per heavy atom. The van der Waals surface area contributed by atoms with Gasteiger partial charge < -0.3 is 0 Å². The van der Waals surface area contributed by atoms with E-state index < -0.39 is 0 Å². The minimum absolute atomic E-state index is 0.198. The van der Waals surface area contributed by atoms with E-state index in [-0.39, 0.29) is 5.78 Å². The molecule has 3 aromatic carbocycles. The van der Waals surface area contributed by atoms with Crippen LogP contribution in [0.25, 0.3) is 17.2 Å². The third-order valence-corrected chi connectivity index (χ3v) is 5.00. The molecule has 26 heavy (non-hydrogen) atoms. The molecule has 1 nitrogen and oxygen atoms in total. The van der Waals surface area contributed by atoms with Crippen LogP contribution in [0.1, 0.15) is 22.3 Å². The monoisotopic (exact) mass is 358 g/mol. The van der Waals surface area contributed by atoms with Crippen LogP contribution in [0.2, 0.25) is 5.02 Å². The van der Waals surface area contributed by atoms with Crippen molar-refractivity contribution in [3.05, 3.63) is 100 Å². The molecule has 0 aliphatic heterocycles. The standard InChI is InChI=1S/C24H19ClO/c25-21-10-2-6-18(14-21)16-22(26)15-17-5-1-9-20(13-17)24-12-4-8-19-7-3-11-23(19)24/h1-10,12-14H,11,15-16H2. The van der Waals surface area contributed by atoms with Crippen LogP contribution in [0.15, 0.2) is 72.8 Å². The molecule has 0 atom stereocenters. The van der Waals surface area contributed by atoms with Gasteiger partial charge in [-0.1, -0.05) is 78.4 Å². The molecule has 0 amide bonds. The summed E-state index contributed by atoms with van der Waals surface area (Å²) >= 11 is 6.01. The Bertz CT molecular complexity index is 1000. The van der Waals surface area contributed by atoms with Crippen molar-refractivity contribution in [1.82, 2.24) is 0 Å². The number of halogens is 1. The van der Waals surface area contributed by atoms with Gasteiger partial charge in [0.05, 0.1) is 0 Å². The van der Waals surface area contributed by atoms with Gasteiger partial charge in [0.2, 0.25) is 0 Å². The Morgan fingerprint density at radius 1 is 0.885 bits per heavy atom. The minimum atomic E-state index is 0.198. The summed E-state index contributed by atoms with van der Waals surface area (Å²) in [6.07, 6.45) is 6.20. The van der Waals surface area contributed by atoms with Crippen molar-refractivity contribution >= 4 is 23.5 Å². The van der Waals surface area contributed by atoms with Gasteiger partial charge in [-0.2, -0.15) is 0 Å². The predicted octanol–water partition coefficient (Wildman–Crippen LogP) is 5.93. The van der Waals surface area contributed by atoms with Gasteiger partial charge in [-0.15, -0.1) is 0 Å². The molecule has 0 heterocycles. The van der Waals surface area contributed by atoms with Crippen molar-refractivity contribution in [2.75, 3.05) is 0 Å². The Labute approximate surface area is 159 Å². The summed E-state index contributed by atoms with van der Waals surface area (Å²) in [5, 5.41) is 0.670. The molecule has 0 fully saturated rings. The van der Waals surface area contributed by atoms with Gasteiger partial charge in [-0.25, -0.2) is 0 Å². The predicted molar refractivity (Wildman–Crippen MR) is 108 cm³/mol. The maximum absolute atomic E-state index is 12.5. The maximum Gasteiger partial charge on any atom is 0.141 e. The van der Waals surface area contributed by atoms with E-state index in [1.165, 1.54) is 22.3 Å². The zero-order valence-electron chi connectivity index (χ0n) is 14.4. The molecule has 3 aromatic rings. The molecule has 0 aromatic heterocycles. The smallest absolute Gasteiger partial charge is 0.141 e. The second kappa shape index (κ2) is 7.31. The van der Waals surface area contributed by atoms with E-state index in [0.29, 0.717) is 17.9 Å². The number of benzene rings is 3. The molecule has 0 radical (unpaired) electrons. The highest BCUT2D eigenvalue weighted by Gasteiger charge is 2.12. The molecule has 0 unspecified atom stereocenters. The number of ketones is 1. The topological polar surface area (TPSA) is 17.1 Å². The molecule has 0 bridgehead atoms. The third-order valence-electron chi connectivity index (χ3n) is 4.76. The first-order valence-corrected chi connectivity index (χ1v) is 9.21. The van der Waals surface area contributed by atoms with E-state index in [1.807, 2.05) is 36.4 Å². The average molecular weight is 359 g/mol. The van der Waals surface area contributed by atoms with Crippen LogP contribution in [0.5, 0.6) is 0 Å². The lowest BCUT2D eigenvalue weighted by atomic mass is 9.94. The zero-order valence-corrected chi connectivity index (χ0v) is 15.2. The maximum atomic E-state index is 12.5. The SMILES string of the molecule is O=C(Cc1cccc(Cl)c1)Cc1cccc(-c2cccc3c2CC=C3)c1. The Morgan fingerprint density at radius 3 is 2.42 bits per heavy atom. The van der Waals surface area contributed by atoms with E-state index >= 15 is 0 Å². The van der Waals surface area contributed by atoms with Gasteiger partial charge in [0.15, 0.2) is 0 Å². The highest BCUT2D eigenvalue weighted by Crippen LogP contribution is 2.31. The average Bonchev–Trinajstić information content (AvgIpc) is 3.10. The highest BCUT2D eigenvalue weighted by molar-refractivity contribution is 6.30. The molecule has 0 saturated carbocycles. The molecular weight excluding hydrogens is 340 g/mol. The van der Waals surface area contributed by atoms with Crippen LogP contribution in [0.4, 0.5) is 0 Å². The summed E-state index contributed by atoms with van der Waals surface area (Å²) in [5.74, 6) is 0.198. The Kier molecular flexibility index (Phi) is 4.73. The Balaban J connectivity index is 1.53. The van der Waals surface area contributed by atoms with Crippen LogP contribution >= 0.6 is 11.6 Å². The zero-order chi connectivity index (χ0) is 17.9. The number of allylic oxidation sites excluding steroid dienone is 1. The van der Waals surface area contributed by atoms with Crippen molar-refractivity contribution in [2.45, 2.75) is 19.3 Å². The summed E-state index contributed by atoms with van der Waals surface area (Å²) < 4.78 is 0. The van der Waals surface area contributed by atoms with E-state index in [2.05, 4.69) is 42.5 Å². The number of Topliss-reactive ketones (excluding diaryl/α,β-unsaturated/α-hetero) is 1. The molecule has 0 N–H and O–H groups in total. The lowest BCUT2D eigenvalue weighted by Gasteiger charge is -2.10. The first-order valence-electron chi connectivity index (χ1n) is 8.83. The number of carbonyl (C=O) groups excluding carboxylic acids is 1. The van der Waals surface area contributed by atoms with Crippen LogP contribution in [0, 0.1) is 0 Å². The lowest BCUT2D eigenvalue weighted by Crippen LogP contribution is -2.06. The molecule has 1 aliphatic rings. The molecule has 4 rings (SSSR count). The van der Waals surface area contributed by atoms with E-state index in [9.17, 15) is 4.79 Å². The van der Waals surface area contributed by atoms with Crippen LogP contribution in [-0.2, 0) is 24.1 Å². The molecule has 0 spiro atoms. The summed E-state index contributed by atoms with van der Waals surface area (Å²) in [5.41, 5.74) is 7.12. The molecule has 2 heteroatoms. The lowest BCUT2D eigenvalue weighted by molar-refractivity contribution is -0.117. The fraction of sp³-hybridized carbons (Fsp3) is 0.125. The van der Waals surface area contributed by atoms with Gasteiger partial charge >= 0.3 is 0 Å². The summed E-state index contributed by atoms with van der Waals surface area (Å²) in [7, 11) is 0. The second-order valence-corrected chi connectivity index (χ2v) is 7.14. The largest absolute Gasteiger partial charge is 0.299 e. The van der Waals surface area contributed by atoms with Crippen molar-refractivity contribution in [3.8, 4) is 11.1 Å². The second-order valence-electron chi connectivity index (χ2n) is 6.70. The van der Waals surface area contributed by atoms with Gasteiger partial charge in [-0.05, 0) is 51.9 Å². The Hall–Kier alpha value is -2.64. The van der Waals surface area contributed by atoms with E-state index in [4.69, 9.17) is 11.6 Å². The van der Waals surface area contributed by atoms with Gasteiger partial charge in [0.1, 0.15) is 5.78 Å². The van der Waals surface area contributed by atoms with Crippen molar-refractivity contribution < 1.29 is 4.79 Å². The van der Waals surface area contributed by atoms with Crippen molar-refractivity contribution in [1.29, 1.82) is 0 Å². The number of hydrogen-bond donors (Lipinski definition) is 0. The van der Waals surface area contributed by atoms with Crippen LogP contribution < -0.4 is 0 Å². The molecule has 128 valence electrons. The van der Waals surface area contributed by atoms with Gasteiger partial charge in [0.25, 0.3) is 0 Å². The first kappa shape index (κ1) is 16.8. The summed E-state index contributed by atoms with van der Waals surface area (Å²) in [6.45, 7) is 0. The van der Waals surface area contributed by atoms with Crippen LogP contribution in [-0.4, -0.2) is 5.78 Å². The van der Waals surface area contributed by atoms with Gasteiger partial charge in [0, 0.05) is 17.9 Å². The first-order chi connectivity index (χ1) is 12.7. The van der Waals surface area contributed by atoms with Crippen LogP contribution in [0.3, 0.4) is 0 Å². The number of carbonyl (C=O) groups is 1.